The third kappa shape index (κ3) is 2.54. The lowest BCUT2D eigenvalue weighted by Gasteiger charge is -2.54. The third-order valence-electron chi connectivity index (χ3n) is 6.87. The standard InChI is InChI=1S/C25H26N4O2/c1-16-20-22(28(26-16)18-11-7-5-8-12-18)30-25(4)15-24(20,3)31-23-21(25)17(2)27-29(23)19-13-9-6-10-14-19/h5-14,20,22H,15H2,1-4H3/t20-,22+,24-,25-/m0/s1. The molecule has 4 heterocycles. The van der Waals surface area contributed by atoms with Crippen molar-refractivity contribution in [2.24, 2.45) is 11.0 Å². The SMILES string of the molecule is CC1=NN(c2ccccc2)[C@@H]2O[C@@]3(C)C[C@](C)(Oc4c3c(C)nn4-c3ccccc3)[C@@H]12. The summed E-state index contributed by atoms with van der Waals surface area (Å²) in [5.41, 5.74) is 4.03. The zero-order valence-corrected chi connectivity index (χ0v) is 18.2. The first-order chi connectivity index (χ1) is 14.9. The summed E-state index contributed by atoms with van der Waals surface area (Å²) < 4.78 is 15.7. The molecule has 3 aliphatic rings. The molecule has 3 aromatic rings. The van der Waals surface area contributed by atoms with Crippen LogP contribution in [0.25, 0.3) is 5.69 Å². The summed E-state index contributed by atoms with van der Waals surface area (Å²) >= 11 is 0. The maximum absolute atomic E-state index is 6.91. The van der Waals surface area contributed by atoms with Gasteiger partial charge in [-0.05, 0) is 52.0 Å². The van der Waals surface area contributed by atoms with Crippen molar-refractivity contribution >= 4 is 11.4 Å². The zero-order valence-electron chi connectivity index (χ0n) is 18.2. The van der Waals surface area contributed by atoms with Gasteiger partial charge in [0.1, 0.15) is 11.2 Å². The number of aromatic nitrogens is 2. The number of nitrogens with zero attached hydrogens (tertiary/aromatic N) is 4. The number of anilines is 1. The van der Waals surface area contributed by atoms with Gasteiger partial charge in [0.25, 0.3) is 0 Å². The molecular formula is C25H26N4O2. The number of hydrogen-bond donors (Lipinski definition) is 0. The zero-order chi connectivity index (χ0) is 21.4. The van der Waals surface area contributed by atoms with Gasteiger partial charge in [-0.25, -0.2) is 9.69 Å². The minimum absolute atomic E-state index is 0.0216. The van der Waals surface area contributed by atoms with Crippen LogP contribution in [-0.4, -0.2) is 27.3 Å². The predicted octanol–water partition coefficient (Wildman–Crippen LogP) is 4.81. The van der Waals surface area contributed by atoms with E-state index in [9.17, 15) is 0 Å². The van der Waals surface area contributed by atoms with Crippen molar-refractivity contribution < 1.29 is 9.47 Å². The normalized spacial score (nSPS) is 31.0. The molecule has 158 valence electrons. The molecule has 0 N–H and O–H groups in total. The average Bonchev–Trinajstić information content (AvgIpc) is 3.26. The van der Waals surface area contributed by atoms with Crippen LogP contribution in [0.1, 0.15) is 38.4 Å². The van der Waals surface area contributed by atoms with Gasteiger partial charge in [0.2, 0.25) is 5.88 Å². The molecule has 0 amide bonds. The van der Waals surface area contributed by atoms with Crippen molar-refractivity contribution in [3.8, 4) is 11.6 Å². The lowest BCUT2D eigenvalue weighted by atomic mass is 9.70. The monoisotopic (exact) mass is 414 g/mol. The summed E-state index contributed by atoms with van der Waals surface area (Å²) in [5, 5.41) is 11.8. The summed E-state index contributed by atoms with van der Waals surface area (Å²) in [5.74, 6) is 0.803. The first-order valence-corrected chi connectivity index (χ1v) is 10.8. The Bertz CT molecular complexity index is 1190. The molecule has 1 saturated heterocycles. The molecule has 31 heavy (non-hydrogen) atoms. The van der Waals surface area contributed by atoms with Crippen LogP contribution in [0.2, 0.25) is 0 Å². The largest absolute Gasteiger partial charge is 0.470 e. The number of fused-ring (bicyclic) bond motifs is 6. The van der Waals surface area contributed by atoms with E-state index in [0.717, 1.165) is 40.6 Å². The molecule has 0 radical (unpaired) electrons. The highest BCUT2D eigenvalue weighted by Gasteiger charge is 2.63. The molecule has 0 aliphatic carbocycles. The molecular weight excluding hydrogens is 388 g/mol. The van der Waals surface area contributed by atoms with Crippen molar-refractivity contribution in [3.05, 3.63) is 71.9 Å². The fourth-order valence-corrected chi connectivity index (χ4v) is 5.79. The quantitative estimate of drug-likeness (QED) is 0.604. The highest BCUT2D eigenvalue weighted by molar-refractivity contribution is 5.90. The number of ether oxygens (including phenoxy) is 2. The van der Waals surface area contributed by atoms with Crippen LogP contribution in [0.15, 0.2) is 65.8 Å². The second-order valence-corrected chi connectivity index (χ2v) is 9.24. The summed E-state index contributed by atoms with van der Waals surface area (Å²) in [6.45, 7) is 8.48. The number of hydrogen-bond acceptors (Lipinski definition) is 5. The summed E-state index contributed by atoms with van der Waals surface area (Å²) in [6, 6.07) is 20.4. The molecule has 0 unspecified atom stereocenters. The van der Waals surface area contributed by atoms with E-state index in [2.05, 4.69) is 32.9 Å². The summed E-state index contributed by atoms with van der Waals surface area (Å²) in [6.07, 6.45) is 0.532. The first-order valence-electron chi connectivity index (χ1n) is 10.8. The van der Waals surface area contributed by atoms with Crippen molar-refractivity contribution in [2.45, 2.75) is 51.5 Å². The van der Waals surface area contributed by atoms with Gasteiger partial charge in [0, 0.05) is 12.1 Å². The number of benzene rings is 2. The Hall–Kier alpha value is -3.12. The molecule has 3 aliphatic heterocycles. The minimum Gasteiger partial charge on any atom is -0.470 e. The molecule has 0 spiro atoms. The van der Waals surface area contributed by atoms with Gasteiger partial charge in [-0.2, -0.15) is 10.2 Å². The van der Waals surface area contributed by atoms with Gasteiger partial charge in [0.15, 0.2) is 6.23 Å². The summed E-state index contributed by atoms with van der Waals surface area (Å²) in [4.78, 5) is 0. The van der Waals surface area contributed by atoms with Gasteiger partial charge in [0.05, 0.1) is 28.6 Å². The highest BCUT2D eigenvalue weighted by Crippen LogP contribution is 2.57. The second-order valence-electron chi connectivity index (χ2n) is 9.24. The van der Waals surface area contributed by atoms with Gasteiger partial charge in [-0.1, -0.05) is 36.4 Å². The number of para-hydroxylation sites is 2. The molecule has 6 rings (SSSR count). The van der Waals surface area contributed by atoms with E-state index in [1.54, 1.807) is 0 Å². The molecule has 6 nitrogen and oxygen atoms in total. The van der Waals surface area contributed by atoms with Crippen molar-refractivity contribution in [1.82, 2.24) is 9.78 Å². The van der Waals surface area contributed by atoms with Gasteiger partial charge >= 0.3 is 0 Å². The Labute approximate surface area is 182 Å². The molecule has 2 bridgehead atoms. The van der Waals surface area contributed by atoms with E-state index >= 15 is 0 Å². The van der Waals surface area contributed by atoms with Gasteiger partial charge in [-0.3, -0.25) is 0 Å². The smallest absolute Gasteiger partial charge is 0.223 e. The van der Waals surface area contributed by atoms with E-state index in [1.165, 1.54) is 0 Å². The topological polar surface area (TPSA) is 51.9 Å². The Morgan fingerprint density at radius 3 is 2.26 bits per heavy atom. The molecule has 2 aromatic carbocycles. The van der Waals surface area contributed by atoms with E-state index in [0.29, 0.717) is 0 Å². The molecule has 1 aromatic heterocycles. The predicted molar refractivity (Wildman–Crippen MR) is 120 cm³/mol. The second kappa shape index (κ2) is 6.20. The number of aryl methyl sites for hydroxylation is 1. The Morgan fingerprint density at radius 2 is 1.58 bits per heavy atom. The Balaban J connectivity index is 1.50. The van der Waals surface area contributed by atoms with E-state index in [4.69, 9.17) is 19.7 Å². The maximum Gasteiger partial charge on any atom is 0.223 e. The van der Waals surface area contributed by atoms with Crippen molar-refractivity contribution in [1.29, 1.82) is 0 Å². The summed E-state index contributed by atoms with van der Waals surface area (Å²) in [7, 11) is 0. The molecule has 1 fully saturated rings. The Morgan fingerprint density at radius 1 is 0.935 bits per heavy atom. The van der Waals surface area contributed by atoms with Crippen molar-refractivity contribution in [3.63, 3.8) is 0 Å². The van der Waals surface area contributed by atoms with E-state index < -0.39 is 11.2 Å². The minimum atomic E-state index is -0.520. The number of hydrazone groups is 1. The number of rotatable bonds is 2. The van der Waals surface area contributed by atoms with Gasteiger partial charge in [-0.15, -0.1) is 0 Å². The van der Waals surface area contributed by atoms with Gasteiger partial charge < -0.3 is 9.47 Å². The third-order valence-corrected chi connectivity index (χ3v) is 6.87. The first kappa shape index (κ1) is 18.6. The van der Waals surface area contributed by atoms with Crippen molar-refractivity contribution in [2.75, 3.05) is 5.01 Å². The van der Waals surface area contributed by atoms with Crippen LogP contribution < -0.4 is 9.75 Å². The average molecular weight is 415 g/mol. The van der Waals surface area contributed by atoms with Crippen LogP contribution >= 0.6 is 0 Å². The Kier molecular flexibility index (Phi) is 3.73. The van der Waals surface area contributed by atoms with E-state index in [-0.39, 0.29) is 12.1 Å². The lowest BCUT2D eigenvalue weighted by Crippen LogP contribution is -2.63. The van der Waals surface area contributed by atoms with Crippen LogP contribution in [0.5, 0.6) is 5.88 Å². The van der Waals surface area contributed by atoms with E-state index in [1.807, 2.05) is 65.1 Å². The fourth-order valence-electron chi connectivity index (χ4n) is 5.79. The van der Waals surface area contributed by atoms with Crippen LogP contribution in [0.3, 0.4) is 0 Å². The lowest BCUT2D eigenvalue weighted by molar-refractivity contribution is -0.212. The molecule has 6 heteroatoms. The maximum atomic E-state index is 6.91. The molecule has 4 atom stereocenters. The van der Waals surface area contributed by atoms with Crippen LogP contribution in [0, 0.1) is 12.8 Å². The molecule has 0 saturated carbocycles. The van der Waals surface area contributed by atoms with Crippen LogP contribution in [0.4, 0.5) is 5.69 Å². The highest BCUT2D eigenvalue weighted by atomic mass is 16.6. The fraction of sp³-hybridized carbons (Fsp3) is 0.360. The van der Waals surface area contributed by atoms with Crippen LogP contribution in [-0.2, 0) is 10.3 Å².